The van der Waals surface area contributed by atoms with Gasteiger partial charge in [0.1, 0.15) is 0 Å². The normalized spacial score (nSPS) is 19.9. The van der Waals surface area contributed by atoms with E-state index in [2.05, 4.69) is 70.7 Å². The van der Waals surface area contributed by atoms with Gasteiger partial charge in [-0.15, -0.1) is 24.8 Å². The first-order valence-electron chi connectivity index (χ1n) is 7.15. The molecule has 1 heterocycles. The molecule has 0 bridgehead atoms. The summed E-state index contributed by atoms with van der Waals surface area (Å²) >= 11 is -3.83. The Morgan fingerprint density at radius 1 is 1.10 bits per heavy atom. The average molecular weight is 370 g/mol. The second-order valence-corrected chi connectivity index (χ2v) is 36.2. The van der Waals surface area contributed by atoms with Crippen molar-refractivity contribution in [1.29, 1.82) is 0 Å². The zero-order valence-electron chi connectivity index (χ0n) is 13.6. The van der Waals surface area contributed by atoms with Crippen molar-refractivity contribution in [2.45, 2.75) is 41.0 Å². The molecular formula is C15H29BCl2PTi. The summed E-state index contributed by atoms with van der Waals surface area (Å²) in [6.07, 6.45) is 8.15. The molecule has 1 aromatic rings. The van der Waals surface area contributed by atoms with Gasteiger partial charge in [0, 0.05) is 0 Å². The van der Waals surface area contributed by atoms with E-state index in [1.165, 1.54) is 0 Å². The van der Waals surface area contributed by atoms with Crippen molar-refractivity contribution in [2.75, 3.05) is 0 Å². The maximum atomic E-state index is 2.65. The smallest absolute Gasteiger partial charge is 0.147 e. The van der Waals surface area contributed by atoms with E-state index in [9.17, 15) is 0 Å². The number of allylic oxidation sites excluding steroid dienone is 4. The van der Waals surface area contributed by atoms with Gasteiger partial charge in [0.2, 0.25) is 0 Å². The van der Waals surface area contributed by atoms with Crippen molar-refractivity contribution in [3.05, 3.63) is 40.0 Å². The van der Waals surface area contributed by atoms with Gasteiger partial charge in [0.15, 0.2) is 0 Å². The molecule has 2 rings (SSSR count). The zero-order chi connectivity index (χ0) is 13.8. The first-order chi connectivity index (χ1) is 7.95. The molecule has 1 aliphatic carbocycles. The van der Waals surface area contributed by atoms with E-state index in [1.54, 1.807) is 7.48 Å². The van der Waals surface area contributed by atoms with E-state index in [-0.39, 0.29) is 24.8 Å². The molecule has 0 nitrogen and oxygen atoms in total. The molecule has 0 saturated carbocycles. The Balaban J connectivity index is 0.00000180. The second kappa shape index (κ2) is 4.56. The van der Waals surface area contributed by atoms with Gasteiger partial charge in [-0.1, -0.05) is 0 Å². The van der Waals surface area contributed by atoms with E-state index in [0.29, 0.717) is 4.89 Å². The van der Waals surface area contributed by atoms with Crippen LogP contribution in [0.15, 0.2) is 40.0 Å². The van der Waals surface area contributed by atoms with Crippen LogP contribution < -0.4 is 3.60 Å². The maximum absolute atomic E-state index is 3.83. The van der Waals surface area contributed by atoms with Crippen LogP contribution in [-0.2, 0) is 12.5 Å². The summed E-state index contributed by atoms with van der Waals surface area (Å²) in [4.78, 5) is 0.688. The van der Waals surface area contributed by atoms with Crippen LogP contribution in [0.4, 0.5) is 0 Å². The standard InChI is InChI=1S/C5H5.C4H4P.C2H6B.4CH3.2ClH.Ti/c2*1-2-4-5-3-1;1-3-2;;;;;;;/h1-3H,4H2;1-3,5H;1-2H3;4*1H3;2*1H;/q;;+1;;;;;;;-1. The van der Waals surface area contributed by atoms with E-state index in [0.717, 1.165) is 14.6 Å². The van der Waals surface area contributed by atoms with Gasteiger partial charge in [0.25, 0.3) is 0 Å². The summed E-state index contributed by atoms with van der Waals surface area (Å²) in [5, 5.41) is 10.6. The van der Waals surface area contributed by atoms with Crippen LogP contribution in [0.3, 0.4) is 0 Å². The Labute approximate surface area is 134 Å². The van der Waals surface area contributed by atoms with Gasteiger partial charge >= 0.3 is 110 Å². The minimum Gasteiger partial charge on any atom is -0.147 e. The summed E-state index contributed by atoms with van der Waals surface area (Å²) in [5.74, 6) is 2.35. The fourth-order valence-electron chi connectivity index (χ4n) is 3.36. The molecular weight excluding hydrogens is 341 g/mol. The van der Waals surface area contributed by atoms with Crippen molar-refractivity contribution in [3.63, 3.8) is 0 Å². The van der Waals surface area contributed by atoms with Gasteiger partial charge in [-0.25, -0.2) is 0 Å². The Kier molecular flexibility index (Phi) is 4.70. The molecule has 0 N–H and O–H groups in total. The number of hydrogen-bond acceptors (Lipinski definition) is 0. The maximum Gasteiger partial charge on any atom is -0.147 e. The van der Waals surface area contributed by atoms with Gasteiger partial charge in [-0.3, -0.25) is 0 Å². The first-order valence-corrected chi connectivity index (χ1v) is 16.9. The van der Waals surface area contributed by atoms with Gasteiger partial charge in [-0.05, 0) is 0 Å². The third-order valence-corrected chi connectivity index (χ3v) is 33.2. The van der Waals surface area contributed by atoms with E-state index in [4.69, 9.17) is 0 Å². The minimum absolute atomic E-state index is 0. The van der Waals surface area contributed by atoms with Crippen molar-refractivity contribution >= 4 is 41.5 Å². The van der Waals surface area contributed by atoms with E-state index in [1.807, 2.05) is 0 Å². The minimum atomic E-state index is -3.83. The second-order valence-electron chi connectivity index (χ2n) is 10.1. The Morgan fingerprint density at radius 2 is 1.70 bits per heavy atom. The molecule has 0 radical (unpaired) electrons. The van der Waals surface area contributed by atoms with E-state index < -0.39 is 12.5 Å². The van der Waals surface area contributed by atoms with Crippen molar-refractivity contribution in [2.24, 2.45) is 0 Å². The van der Waals surface area contributed by atoms with Crippen molar-refractivity contribution in [3.8, 4) is 0 Å². The predicted molar refractivity (Wildman–Crippen MR) is 103 cm³/mol. The third kappa shape index (κ3) is 2.26. The number of halogens is 2. The van der Waals surface area contributed by atoms with Gasteiger partial charge in [-0.2, -0.15) is 0 Å². The predicted octanol–water partition coefficient (Wildman–Crippen LogP) is 6.24. The van der Waals surface area contributed by atoms with Crippen LogP contribution in [-0.4, -0.2) is 4.89 Å². The van der Waals surface area contributed by atoms with Crippen LogP contribution in [0.1, 0.15) is 6.42 Å². The molecule has 0 fully saturated rings. The number of hydrogen-bond donors (Lipinski definition) is 0. The molecule has 5 heteroatoms. The van der Waals surface area contributed by atoms with E-state index >= 15 is 0 Å². The number of rotatable bonds is 3. The molecule has 0 aliphatic heterocycles. The first kappa shape index (κ1) is 20.6. The summed E-state index contributed by atoms with van der Waals surface area (Å²) in [6, 6.07) is 4.69. The monoisotopic (exact) mass is 369 g/mol. The van der Waals surface area contributed by atoms with Gasteiger partial charge < -0.3 is 0 Å². The molecule has 0 spiro atoms. The average Bonchev–Trinajstić information content (AvgIpc) is 2.92. The van der Waals surface area contributed by atoms with Crippen molar-refractivity contribution < 1.29 is 12.5 Å². The van der Waals surface area contributed by atoms with Crippen LogP contribution in [0.2, 0.25) is 34.6 Å². The summed E-state index contributed by atoms with van der Waals surface area (Å²) in [7, 11) is 0.875. The van der Waals surface area contributed by atoms with Crippen LogP contribution >= 0.6 is 33.0 Å². The Morgan fingerprint density at radius 3 is 2.05 bits per heavy atom. The topological polar surface area (TPSA) is 0 Å². The molecule has 1 aromatic heterocycles. The molecule has 0 aromatic carbocycles. The van der Waals surface area contributed by atoms with Crippen LogP contribution in [0.5, 0.6) is 0 Å². The zero-order valence-corrected chi connectivity index (χ0v) is 17.8. The molecule has 1 atom stereocenters. The SMILES string of the molecule is C[B](C)[Ti]([CH3])([CH3])([CH3])([CH3])([C]1=CC=CC1)[c]1ccc[pH]1.Cl.Cl. The molecule has 0 amide bonds. The summed E-state index contributed by atoms with van der Waals surface area (Å²) in [5.41, 5.74) is 0. The quantitative estimate of drug-likeness (QED) is 0.553. The molecule has 20 heavy (non-hydrogen) atoms. The van der Waals surface area contributed by atoms with Crippen molar-refractivity contribution in [1.82, 2.24) is 0 Å². The fourth-order valence-corrected chi connectivity index (χ4v) is 17.8. The third-order valence-electron chi connectivity index (χ3n) is 7.25. The Hall–Kier alpha value is 0.619. The molecule has 1 unspecified atom stereocenters. The largest absolute Gasteiger partial charge is 0.147 e. The molecule has 0 saturated heterocycles. The molecule has 1 aliphatic rings. The molecule has 115 valence electrons. The van der Waals surface area contributed by atoms with Crippen LogP contribution in [0.25, 0.3) is 0 Å². The summed E-state index contributed by atoms with van der Waals surface area (Å²) < 4.78 is 3.45. The van der Waals surface area contributed by atoms with Gasteiger partial charge in [0.05, 0.1) is 0 Å². The summed E-state index contributed by atoms with van der Waals surface area (Å²) in [6.45, 7) is 4.89. The Bertz CT molecular complexity index is 572. The fraction of sp³-hybridized carbons (Fsp3) is 0.467. The van der Waals surface area contributed by atoms with Crippen LogP contribution in [0, 0.1) is 0 Å².